The number of anilines is 1. The largest absolute Gasteiger partial charge is 0.459 e. The number of carbonyl (C=O) groups excluding carboxylic acids is 3. The monoisotopic (exact) mass is 378 g/mol. The Balaban J connectivity index is 1.47. The zero-order chi connectivity index (χ0) is 19.4. The van der Waals surface area contributed by atoms with Gasteiger partial charge in [-0.05, 0) is 62.3 Å². The Labute approximate surface area is 163 Å². The molecule has 6 nitrogen and oxygen atoms in total. The number of nitrogens with zero attached hydrogens (tertiary/aromatic N) is 2. The molecule has 1 aromatic carbocycles. The summed E-state index contributed by atoms with van der Waals surface area (Å²) in [6, 6.07) is 10.7. The number of aryl methyl sites for hydroxylation is 1. The molecule has 0 spiro atoms. The van der Waals surface area contributed by atoms with E-state index in [4.69, 9.17) is 4.42 Å². The molecular weight excluding hydrogens is 356 g/mol. The Morgan fingerprint density at radius 3 is 2.29 bits per heavy atom. The van der Waals surface area contributed by atoms with Crippen LogP contribution in [0.3, 0.4) is 0 Å². The van der Waals surface area contributed by atoms with Crippen molar-refractivity contribution in [2.24, 2.45) is 23.7 Å². The minimum atomic E-state index is -0.366. The number of fused-ring (bicyclic) bond motifs is 5. The first-order valence-electron chi connectivity index (χ1n) is 9.82. The molecule has 3 fully saturated rings. The second kappa shape index (κ2) is 6.33. The number of hydrogen-bond acceptors (Lipinski definition) is 4. The second-order valence-corrected chi connectivity index (χ2v) is 8.18. The van der Waals surface area contributed by atoms with Crippen molar-refractivity contribution in [3.63, 3.8) is 0 Å². The molecular formula is C22H22N2O4. The number of benzene rings is 1. The molecule has 2 heterocycles. The molecule has 5 rings (SSSR count). The number of amides is 3. The Hall–Kier alpha value is -2.89. The summed E-state index contributed by atoms with van der Waals surface area (Å²) < 4.78 is 5.28. The average molecular weight is 378 g/mol. The Bertz CT molecular complexity index is 906. The molecule has 0 unspecified atom stereocenters. The molecule has 28 heavy (non-hydrogen) atoms. The number of hydrogen-bond donors (Lipinski definition) is 0. The van der Waals surface area contributed by atoms with Crippen LogP contribution in [0.1, 0.15) is 35.4 Å². The van der Waals surface area contributed by atoms with E-state index in [1.807, 2.05) is 31.2 Å². The molecule has 2 bridgehead atoms. The van der Waals surface area contributed by atoms with Crippen LogP contribution in [0, 0.1) is 30.6 Å². The molecule has 3 aliphatic rings. The minimum Gasteiger partial charge on any atom is -0.459 e. The number of likely N-dealkylation sites (tertiary alicyclic amines) is 1. The van der Waals surface area contributed by atoms with Crippen molar-refractivity contribution in [2.75, 3.05) is 11.6 Å². The minimum absolute atomic E-state index is 0.0767. The van der Waals surface area contributed by atoms with Gasteiger partial charge in [0.1, 0.15) is 6.67 Å². The third-order valence-corrected chi connectivity index (χ3v) is 6.62. The molecule has 2 aliphatic carbocycles. The van der Waals surface area contributed by atoms with Gasteiger partial charge in [0.05, 0.1) is 18.1 Å². The van der Waals surface area contributed by atoms with E-state index in [0.717, 1.165) is 24.8 Å². The maximum Gasteiger partial charge on any atom is 0.295 e. The van der Waals surface area contributed by atoms with Gasteiger partial charge in [0.25, 0.3) is 5.91 Å². The Kier molecular flexibility index (Phi) is 3.89. The summed E-state index contributed by atoms with van der Waals surface area (Å²) in [4.78, 5) is 41.9. The summed E-state index contributed by atoms with van der Waals surface area (Å²) >= 11 is 0. The summed E-state index contributed by atoms with van der Waals surface area (Å²) in [5.41, 5.74) is 1.70. The van der Waals surface area contributed by atoms with Crippen LogP contribution < -0.4 is 4.90 Å². The van der Waals surface area contributed by atoms with Crippen LogP contribution in [0.25, 0.3) is 0 Å². The molecule has 2 aromatic rings. The van der Waals surface area contributed by atoms with Crippen molar-refractivity contribution in [1.82, 2.24) is 4.90 Å². The molecule has 1 saturated heterocycles. The number of carbonyl (C=O) groups is 3. The molecule has 1 aromatic heterocycles. The van der Waals surface area contributed by atoms with Crippen molar-refractivity contribution in [3.05, 3.63) is 54.0 Å². The molecule has 0 radical (unpaired) electrons. The van der Waals surface area contributed by atoms with E-state index in [1.165, 1.54) is 16.1 Å². The lowest BCUT2D eigenvalue weighted by atomic mass is 9.81. The van der Waals surface area contributed by atoms with Gasteiger partial charge in [-0.3, -0.25) is 24.2 Å². The Morgan fingerprint density at radius 2 is 1.71 bits per heavy atom. The third kappa shape index (κ3) is 2.51. The first-order chi connectivity index (χ1) is 13.5. The van der Waals surface area contributed by atoms with E-state index in [2.05, 4.69) is 0 Å². The van der Waals surface area contributed by atoms with Crippen LogP contribution in [0.4, 0.5) is 5.69 Å². The maximum atomic E-state index is 13.1. The van der Waals surface area contributed by atoms with E-state index in [-0.39, 0.29) is 42.0 Å². The van der Waals surface area contributed by atoms with Gasteiger partial charge in [-0.15, -0.1) is 0 Å². The lowest BCUT2D eigenvalue weighted by molar-refractivity contribution is -0.140. The smallest absolute Gasteiger partial charge is 0.295 e. The van der Waals surface area contributed by atoms with Gasteiger partial charge in [-0.25, -0.2) is 0 Å². The lowest BCUT2D eigenvalue weighted by Crippen LogP contribution is -2.45. The fraction of sp³-hybridized carbons (Fsp3) is 0.409. The topological polar surface area (TPSA) is 70.8 Å². The molecule has 3 amide bonds. The van der Waals surface area contributed by atoms with Crippen LogP contribution in [0.15, 0.2) is 47.1 Å². The van der Waals surface area contributed by atoms with Crippen molar-refractivity contribution in [3.8, 4) is 0 Å². The highest BCUT2D eigenvalue weighted by molar-refractivity contribution is 6.09. The molecule has 1 aliphatic heterocycles. The van der Waals surface area contributed by atoms with Gasteiger partial charge >= 0.3 is 0 Å². The predicted octanol–water partition coefficient (Wildman–Crippen LogP) is 3.22. The van der Waals surface area contributed by atoms with E-state index < -0.39 is 0 Å². The normalized spacial score (nSPS) is 28.1. The van der Waals surface area contributed by atoms with Crippen LogP contribution in [0.5, 0.6) is 0 Å². The number of furan rings is 1. The van der Waals surface area contributed by atoms with Gasteiger partial charge in [-0.2, -0.15) is 0 Å². The highest BCUT2D eigenvalue weighted by Crippen LogP contribution is 2.56. The molecule has 144 valence electrons. The van der Waals surface area contributed by atoms with Gasteiger partial charge in [0, 0.05) is 5.69 Å². The summed E-state index contributed by atoms with van der Waals surface area (Å²) in [5, 5.41) is 0. The third-order valence-electron chi connectivity index (χ3n) is 6.62. The van der Waals surface area contributed by atoms with E-state index in [0.29, 0.717) is 17.5 Å². The summed E-state index contributed by atoms with van der Waals surface area (Å²) in [6.07, 6.45) is 4.50. The van der Waals surface area contributed by atoms with Crippen LogP contribution in [0.2, 0.25) is 0 Å². The van der Waals surface area contributed by atoms with Gasteiger partial charge < -0.3 is 4.42 Å². The summed E-state index contributed by atoms with van der Waals surface area (Å²) in [6.45, 7) is 1.89. The molecule has 0 N–H and O–H groups in total. The van der Waals surface area contributed by atoms with Gasteiger partial charge in [0.15, 0.2) is 5.76 Å². The van der Waals surface area contributed by atoms with Crippen molar-refractivity contribution < 1.29 is 18.8 Å². The van der Waals surface area contributed by atoms with E-state index in [1.54, 1.807) is 12.1 Å². The number of rotatable bonds is 4. The summed E-state index contributed by atoms with van der Waals surface area (Å²) in [5.74, 6) is -0.155. The SMILES string of the molecule is Cc1ccc(N(CN2C(=O)[C@H]3[C@@H]4CC[C@@H](C4)[C@@H]3C2=O)C(=O)c2ccco2)cc1. The van der Waals surface area contributed by atoms with Crippen molar-refractivity contribution >= 4 is 23.4 Å². The molecule has 2 saturated carbocycles. The summed E-state index contributed by atoms with van der Waals surface area (Å²) in [7, 11) is 0. The maximum absolute atomic E-state index is 13.1. The number of imide groups is 1. The quantitative estimate of drug-likeness (QED) is 0.766. The fourth-order valence-electron chi connectivity index (χ4n) is 5.27. The van der Waals surface area contributed by atoms with E-state index >= 15 is 0 Å². The van der Waals surface area contributed by atoms with Crippen LogP contribution in [-0.2, 0) is 9.59 Å². The first kappa shape index (κ1) is 17.2. The second-order valence-electron chi connectivity index (χ2n) is 8.18. The van der Waals surface area contributed by atoms with Gasteiger partial charge in [-0.1, -0.05) is 17.7 Å². The molecule has 6 heteroatoms. The van der Waals surface area contributed by atoms with Crippen molar-refractivity contribution in [2.45, 2.75) is 26.2 Å². The molecule has 4 atom stereocenters. The zero-order valence-electron chi connectivity index (χ0n) is 15.7. The fourth-order valence-corrected chi connectivity index (χ4v) is 5.27. The van der Waals surface area contributed by atoms with Crippen LogP contribution in [-0.4, -0.2) is 29.3 Å². The predicted molar refractivity (Wildman–Crippen MR) is 101 cm³/mol. The standard InChI is InChI=1S/C22H22N2O4/c1-13-4-8-16(9-5-13)23(20(25)17-3-2-10-28-17)12-24-21(26)18-14-6-7-15(11-14)19(18)22(24)27/h2-5,8-10,14-15,18-19H,6-7,11-12H2,1H3/t14-,15+,18-,19-/m0/s1. The lowest BCUT2D eigenvalue weighted by Gasteiger charge is -2.27. The highest BCUT2D eigenvalue weighted by atomic mass is 16.3. The average Bonchev–Trinajstić information content (AvgIpc) is 3.47. The highest BCUT2D eigenvalue weighted by Gasteiger charge is 2.61. The van der Waals surface area contributed by atoms with E-state index in [9.17, 15) is 14.4 Å². The zero-order valence-corrected chi connectivity index (χ0v) is 15.7. The Morgan fingerprint density at radius 1 is 1.07 bits per heavy atom. The van der Waals surface area contributed by atoms with Crippen LogP contribution >= 0.6 is 0 Å². The van der Waals surface area contributed by atoms with Crippen molar-refractivity contribution in [1.29, 1.82) is 0 Å². The first-order valence-corrected chi connectivity index (χ1v) is 9.82. The van der Waals surface area contributed by atoms with Gasteiger partial charge in [0.2, 0.25) is 11.8 Å².